The van der Waals surface area contributed by atoms with E-state index in [9.17, 15) is 4.79 Å². The maximum Gasteiger partial charge on any atom is 0.258 e. The van der Waals surface area contributed by atoms with E-state index in [4.69, 9.17) is 10.5 Å². The summed E-state index contributed by atoms with van der Waals surface area (Å²) in [7, 11) is 0. The molecule has 0 saturated carbocycles. The first-order chi connectivity index (χ1) is 9.17. The van der Waals surface area contributed by atoms with Crippen molar-refractivity contribution in [2.45, 2.75) is 45.3 Å². The Kier molecular flexibility index (Phi) is 4.43. The van der Waals surface area contributed by atoms with Crippen molar-refractivity contribution in [3.8, 4) is 5.75 Å². The van der Waals surface area contributed by atoms with Gasteiger partial charge in [0.2, 0.25) is 0 Å². The van der Waals surface area contributed by atoms with E-state index in [0.29, 0.717) is 12.5 Å². The van der Waals surface area contributed by atoms with Crippen LogP contribution in [0.5, 0.6) is 5.75 Å². The summed E-state index contributed by atoms with van der Waals surface area (Å²) in [5.74, 6) is 0.407. The van der Waals surface area contributed by atoms with E-state index in [1.54, 1.807) is 0 Å². The van der Waals surface area contributed by atoms with E-state index in [0.717, 1.165) is 25.1 Å². The average molecular weight is 262 g/mol. The molecule has 104 valence electrons. The van der Waals surface area contributed by atoms with Crippen molar-refractivity contribution >= 4 is 5.91 Å². The molecule has 2 atom stereocenters. The highest BCUT2D eigenvalue weighted by atomic mass is 16.5. The van der Waals surface area contributed by atoms with Gasteiger partial charge in [-0.2, -0.15) is 0 Å². The third-order valence-electron chi connectivity index (χ3n) is 3.64. The summed E-state index contributed by atoms with van der Waals surface area (Å²) in [5.41, 5.74) is 7.85. The second kappa shape index (κ2) is 6.06. The van der Waals surface area contributed by atoms with Crippen LogP contribution in [0.4, 0.5) is 0 Å². The summed E-state index contributed by atoms with van der Waals surface area (Å²) >= 11 is 0. The topological polar surface area (TPSA) is 64.3 Å². The predicted octanol–water partition coefficient (Wildman–Crippen LogP) is 1.93. The SMILES string of the molecule is CCNC1CCc2c(OC(CC)C(N)=O)cccc21. The van der Waals surface area contributed by atoms with Gasteiger partial charge >= 0.3 is 0 Å². The Balaban J connectivity index is 2.22. The van der Waals surface area contributed by atoms with E-state index in [1.807, 2.05) is 19.1 Å². The van der Waals surface area contributed by atoms with Crippen molar-refractivity contribution < 1.29 is 9.53 Å². The molecule has 0 aromatic heterocycles. The lowest BCUT2D eigenvalue weighted by Gasteiger charge is -2.18. The molecule has 1 aromatic carbocycles. The highest BCUT2D eigenvalue weighted by Crippen LogP contribution is 2.37. The van der Waals surface area contributed by atoms with Gasteiger partial charge in [0.15, 0.2) is 6.10 Å². The lowest BCUT2D eigenvalue weighted by Crippen LogP contribution is -2.33. The minimum atomic E-state index is -0.537. The van der Waals surface area contributed by atoms with E-state index in [2.05, 4.69) is 18.3 Å². The maximum atomic E-state index is 11.3. The third kappa shape index (κ3) is 2.89. The Morgan fingerprint density at radius 3 is 2.95 bits per heavy atom. The maximum absolute atomic E-state index is 11.3. The molecule has 0 radical (unpaired) electrons. The molecule has 0 aliphatic heterocycles. The Hall–Kier alpha value is -1.55. The average Bonchev–Trinajstić information content (AvgIpc) is 2.80. The van der Waals surface area contributed by atoms with Crippen molar-refractivity contribution in [2.24, 2.45) is 5.73 Å². The Labute approximate surface area is 114 Å². The van der Waals surface area contributed by atoms with Gasteiger partial charge in [0.25, 0.3) is 5.91 Å². The molecule has 0 heterocycles. The smallest absolute Gasteiger partial charge is 0.258 e. The summed E-state index contributed by atoms with van der Waals surface area (Å²) in [5, 5.41) is 3.47. The van der Waals surface area contributed by atoms with Crippen LogP contribution >= 0.6 is 0 Å². The second-order valence-corrected chi connectivity index (χ2v) is 4.89. The molecule has 0 spiro atoms. The van der Waals surface area contributed by atoms with Gasteiger partial charge in [-0.15, -0.1) is 0 Å². The quantitative estimate of drug-likeness (QED) is 0.823. The fourth-order valence-corrected chi connectivity index (χ4v) is 2.69. The van der Waals surface area contributed by atoms with Crippen LogP contribution in [0.15, 0.2) is 18.2 Å². The minimum Gasteiger partial charge on any atom is -0.480 e. The van der Waals surface area contributed by atoms with Gasteiger partial charge in [-0.05, 0) is 43.0 Å². The molecule has 1 aliphatic rings. The predicted molar refractivity (Wildman–Crippen MR) is 75.1 cm³/mol. The number of nitrogens with one attached hydrogen (secondary N) is 1. The highest BCUT2D eigenvalue weighted by molar-refractivity contribution is 5.79. The van der Waals surface area contributed by atoms with Crippen LogP contribution in [0.3, 0.4) is 0 Å². The Morgan fingerprint density at radius 2 is 2.32 bits per heavy atom. The van der Waals surface area contributed by atoms with E-state index in [-0.39, 0.29) is 0 Å². The number of hydrogen-bond donors (Lipinski definition) is 2. The molecule has 3 N–H and O–H groups in total. The van der Waals surface area contributed by atoms with Gasteiger partial charge in [-0.1, -0.05) is 26.0 Å². The van der Waals surface area contributed by atoms with Gasteiger partial charge in [-0.25, -0.2) is 0 Å². The molecule has 0 saturated heterocycles. The summed E-state index contributed by atoms with van der Waals surface area (Å²) in [6.07, 6.45) is 2.12. The van der Waals surface area contributed by atoms with Gasteiger partial charge < -0.3 is 15.8 Å². The zero-order valence-corrected chi connectivity index (χ0v) is 11.6. The monoisotopic (exact) mass is 262 g/mol. The molecule has 2 rings (SSSR count). The molecule has 1 aliphatic carbocycles. The third-order valence-corrected chi connectivity index (χ3v) is 3.64. The number of carbonyl (C=O) groups excluding carboxylic acids is 1. The molecule has 4 nitrogen and oxygen atoms in total. The molecule has 0 bridgehead atoms. The van der Waals surface area contributed by atoms with Crippen molar-refractivity contribution in [3.63, 3.8) is 0 Å². The number of rotatable bonds is 6. The number of primary amides is 1. The van der Waals surface area contributed by atoms with Crippen LogP contribution in [0.1, 0.15) is 43.9 Å². The first-order valence-corrected chi connectivity index (χ1v) is 6.98. The van der Waals surface area contributed by atoms with Crippen LogP contribution < -0.4 is 15.8 Å². The second-order valence-electron chi connectivity index (χ2n) is 4.89. The molecule has 1 amide bonds. The summed E-state index contributed by atoms with van der Waals surface area (Å²) in [4.78, 5) is 11.3. The highest BCUT2D eigenvalue weighted by Gasteiger charge is 2.26. The number of hydrogen-bond acceptors (Lipinski definition) is 3. The zero-order chi connectivity index (χ0) is 13.8. The number of fused-ring (bicyclic) bond motifs is 1. The largest absolute Gasteiger partial charge is 0.480 e. The van der Waals surface area contributed by atoms with Crippen LogP contribution in [0.25, 0.3) is 0 Å². The number of amides is 1. The number of ether oxygens (including phenoxy) is 1. The number of benzene rings is 1. The molecule has 2 unspecified atom stereocenters. The van der Waals surface area contributed by atoms with Gasteiger partial charge in [0.1, 0.15) is 5.75 Å². The summed E-state index contributed by atoms with van der Waals surface area (Å²) < 4.78 is 5.79. The molecule has 0 fully saturated rings. The van der Waals surface area contributed by atoms with E-state index >= 15 is 0 Å². The van der Waals surface area contributed by atoms with Crippen molar-refractivity contribution in [1.29, 1.82) is 0 Å². The normalized spacial score (nSPS) is 18.9. The minimum absolute atomic E-state index is 0.400. The Bertz CT molecular complexity index is 459. The van der Waals surface area contributed by atoms with Crippen LogP contribution in [-0.2, 0) is 11.2 Å². The van der Waals surface area contributed by atoms with Crippen LogP contribution in [0, 0.1) is 0 Å². The molecular formula is C15H22N2O2. The summed E-state index contributed by atoms with van der Waals surface area (Å²) in [6, 6.07) is 6.45. The van der Waals surface area contributed by atoms with Crippen molar-refractivity contribution in [2.75, 3.05) is 6.54 Å². The fourth-order valence-electron chi connectivity index (χ4n) is 2.69. The van der Waals surface area contributed by atoms with E-state index in [1.165, 1.54) is 11.1 Å². The fraction of sp³-hybridized carbons (Fsp3) is 0.533. The first-order valence-electron chi connectivity index (χ1n) is 6.98. The van der Waals surface area contributed by atoms with Gasteiger partial charge in [0, 0.05) is 6.04 Å². The number of nitrogens with two attached hydrogens (primary N) is 1. The summed E-state index contributed by atoms with van der Waals surface area (Å²) in [6.45, 7) is 4.96. The van der Waals surface area contributed by atoms with Crippen LogP contribution in [-0.4, -0.2) is 18.6 Å². The lowest BCUT2D eigenvalue weighted by molar-refractivity contribution is -0.124. The molecule has 1 aromatic rings. The van der Waals surface area contributed by atoms with Crippen molar-refractivity contribution in [1.82, 2.24) is 5.32 Å². The Morgan fingerprint density at radius 1 is 1.53 bits per heavy atom. The standard InChI is InChI=1S/C15H22N2O2/c1-3-13(15(16)18)19-14-7-5-6-10-11(14)8-9-12(10)17-4-2/h5-7,12-13,17H,3-4,8-9H2,1-2H3,(H2,16,18). The van der Waals surface area contributed by atoms with Gasteiger partial charge in [0.05, 0.1) is 0 Å². The zero-order valence-electron chi connectivity index (χ0n) is 11.6. The van der Waals surface area contributed by atoms with Crippen molar-refractivity contribution in [3.05, 3.63) is 29.3 Å². The van der Waals surface area contributed by atoms with Gasteiger partial charge in [-0.3, -0.25) is 4.79 Å². The molecular weight excluding hydrogens is 240 g/mol. The molecule has 19 heavy (non-hydrogen) atoms. The molecule has 4 heteroatoms. The van der Waals surface area contributed by atoms with Crippen LogP contribution in [0.2, 0.25) is 0 Å². The number of carbonyl (C=O) groups is 1. The first kappa shape index (κ1) is 13.9. The lowest BCUT2D eigenvalue weighted by atomic mass is 10.1. The van der Waals surface area contributed by atoms with E-state index < -0.39 is 12.0 Å².